The Hall–Kier alpha value is -2.93. The number of rotatable bonds is 3. The van der Waals surface area contributed by atoms with Crippen molar-refractivity contribution in [3.05, 3.63) is 71.5 Å². The number of hydrogen-bond acceptors (Lipinski definition) is 4. The van der Waals surface area contributed by atoms with Crippen molar-refractivity contribution >= 4 is 11.5 Å². The fraction of sp³-hybridized carbons (Fsp3) is 0.200. The van der Waals surface area contributed by atoms with E-state index in [1.807, 2.05) is 18.2 Å². The first-order valence-corrected chi connectivity index (χ1v) is 8.48. The molecule has 0 spiro atoms. The lowest BCUT2D eigenvalue weighted by atomic mass is 10.1. The Labute approximate surface area is 153 Å². The maximum Gasteiger partial charge on any atom is 0.416 e. The Morgan fingerprint density at radius 2 is 1.81 bits per heavy atom. The van der Waals surface area contributed by atoms with Gasteiger partial charge in [-0.1, -0.05) is 24.3 Å². The van der Waals surface area contributed by atoms with Gasteiger partial charge in [-0.3, -0.25) is 0 Å². The van der Waals surface area contributed by atoms with Crippen molar-refractivity contribution in [2.45, 2.75) is 25.1 Å². The van der Waals surface area contributed by atoms with E-state index < -0.39 is 17.8 Å². The molecule has 1 aliphatic carbocycles. The normalized spacial score (nSPS) is 16.2. The number of hydrogen-bond donors (Lipinski definition) is 2. The molecule has 138 valence electrons. The Morgan fingerprint density at radius 1 is 1.04 bits per heavy atom. The van der Waals surface area contributed by atoms with Crippen LogP contribution in [0.5, 0.6) is 0 Å². The molecule has 0 saturated heterocycles. The third-order valence-corrected chi connectivity index (χ3v) is 4.68. The summed E-state index contributed by atoms with van der Waals surface area (Å²) in [6.45, 7) is 0. The number of alkyl halides is 3. The van der Waals surface area contributed by atoms with E-state index in [1.54, 1.807) is 6.07 Å². The summed E-state index contributed by atoms with van der Waals surface area (Å²) in [6, 6.07) is 12.2. The van der Waals surface area contributed by atoms with Gasteiger partial charge < -0.3 is 10.4 Å². The molecule has 1 unspecified atom stereocenters. The molecule has 4 rings (SSSR count). The Bertz CT molecular complexity index is 971. The van der Waals surface area contributed by atoms with Gasteiger partial charge in [-0.05, 0) is 42.2 Å². The summed E-state index contributed by atoms with van der Waals surface area (Å²) in [6.07, 6.45) is -1.98. The summed E-state index contributed by atoms with van der Waals surface area (Å²) in [5, 5.41) is 13.2. The first-order chi connectivity index (χ1) is 12.9. The van der Waals surface area contributed by atoms with Gasteiger partial charge in [-0.25, -0.2) is 9.97 Å². The van der Waals surface area contributed by atoms with Crippen LogP contribution in [0, 0.1) is 0 Å². The number of fused-ring (bicyclic) bond motifs is 1. The lowest BCUT2D eigenvalue weighted by Crippen LogP contribution is -2.04. The highest BCUT2D eigenvalue weighted by Crippen LogP contribution is 2.36. The third-order valence-electron chi connectivity index (χ3n) is 4.68. The molecule has 2 N–H and O–H groups in total. The van der Waals surface area contributed by atoms with Gasteiger partial charge in [0.05, 0.1) is 17.4 Å². The summed E-state index contributed by atoms with van der Waals surface area (Å²) in [7, 11) is 0. The van der Waals surface area contributed by atoms with Crippen LogP contribution in [0.4, 0.5) is 24.7 Å². The predicted octanol–water partition coefficient (Wildman–Crippen LogP) is 4.89. The van der Waals surface area contributed by atoms with Crippen molar-refractivity contribution in [1.82, 2.24) is 9.97 Å². The van der Waals surface area contributed by atoms with Gasteiger partial charge in [0.15, 0.2) is 0 Å². The van der Waals surface area contributed by atoms with Crippen LogP contribution in [0.2, 0.25) is 0 Å². The second kappa shape index (κ2) is 6.66. The second-order valence-electron chi connectivity index (χ2n) is 6.42. The number of anilines is 2. The van der Waals surface area contributed by atoms with Crippen molar-refractivity contribution in [1.29, 1.82) is 0 Å². The Kier molecular flexibility index (Phi) is 4.31. The topological polar surface area (TPSA) is 58.0 Å². The molecule has 0 saturated carbocycles. The molecule has 0 bridgehead atoms. The quantitative estimate of drug-likeness (QED) is 0.689. The Morgan fingerprint density at radius 3 is 2.56 bits per heavy atom. The molecule has 1 atom stereocenters. The highest BCUT2D eigenvalue weighted by Gasteiger charge is 2.30. The summed E-state index contributed by atoms with van der Waals surface area (Å²) in [5.41, 5.74) is 3.23. The summed E-state index contributed by atoms with van der Waals surface area (Å²) >= 11 is 0. The highest BCUT2D eigenvalue weighted by atomic mass is 19.4. The first-order valence-electron chi connectivity index (χ1n) is 8.48. The minimum atomic E-state index is -4.37. The van der Waals surface area contributed by atoms with Crippen molar-refractivity contribution in [3.63, 3.8) is 0 Å². The number of aliphatic hydroxyl groups excluding tert-OH is 1. The summed E-state index contributed by atoms with van der Waals surface area (Å²) in [4.78, 5) is 8.35. The van der Waals surface area contributed by atoms with Crippen LogP contribution in [-0.2, 0) is 12.6 Å². The van der Waals surface area contributed by atoms with E-state index in [-0.39, 0.29) is 0 Å². The van der Waals surface area contributed by atoms with Crippen molar-refractivity contribution in [2.24, 2.45) is 0 Å². The van der Waals surface area contributed by atoms with E-state index in [2.05, 4.69) is 15.3 Å². The average molecular weight is 371 g/mol. The molecule has 1 heterocycles. The van der Waals surface area contributed by atoms with Crippen LogP contribution < -0.4 is 5.32 Å². The zero-order chi connectivity index (χ0) is 19.0. The Balaban J connectivity index is 1.61. The van der Waals surface area contributed by atoms with Gasteiger partial charge in [0.1, 0.15) is 12.1 Å². The number of halogens is 3. The number of nitrogens with zero attached hydrogens (tertiary/aromatic N) is 2. The van der Waals surface area contributed by atoms with Gasteiger partial charge in [0.25, 0.3) is 0 Å². The van der Waals surface area contributed by atoms with Crippen molar-refractivity contribution in [3.8, 4) is 11.3 Å². The van der Waals surface area contributed by atoms with Gasteiger partial charge in [0, 0.05) is 17.3 Å². The fourth-order valence-corrected chi connectivity index (χ4v) is 3.30. The van der Waals surface area contributed by atoms with E-state index in [4.69, 9.17) is 0 Å². The molecular formula is C20H16F3N3O. The van der Waals surface area contributed by atoms with Crippen molar-refractivity contribution in [2.75, 3.05) is 5.32 Å². The molecule has 7 heteroatoms. The lowest BCUT2D eigenvalue weighted by molar-refractivity contribution is -0.137. The molecular weight excluding hydrogens is 355 g/mol. The monoisotopic (exact) mass is 371 g/mol. The van der Waals surface area contributed by atoms with Gasteiger partial charge in [-0.15, -0.1) is 0 Å². The highest BCUT2D eigenvalue weighted by molar-refractivity contribution is 5.68. The number of aliphatic hydroxyl groups is 1. The van der Waals surface area contributed by atoms with Gasteiger partial charge in [-0.2, -0.15) is 13.2 Å². The standard InChI is InChI=1S/C20H16F3N3O/c21-20(22,23)13-6-4-12(5-7-13)17-10-19(25-11-24-17)26-16-3-1-2-15-14(16)8-9-18(15)27/h1-7,10-11,18,27H,8-9H2,(H,24,25,26). The second-order valence-corrected chi connectivity index (χ2v) is 6.42. The van der Waals surface area contributed by atoms with E-state index >= 15 is 0 Å². The molecule has 4 nitrogen and oxygen atoms in total. The molecule has 3 aromatic rings. The summed E-state index contributed by atoms with van der Waals surface area (Å²) in [5.74, 6) is 0.537. The fourth-order valence-electron chi connectivity index (χ4n) is 3.30. The number of aromatic nitrogens is 2. The molecule has 1 aliphatic rings. The van der Waals surface area contributed by atoms with Gasteiger partial charge >= 0.3 is 6.18 Å². The number of benzene rings is 2. The van der Waals surface area contributed by atoms with Crippen LogP contribution in [-0.4, -0.2) is 15.1 Å². The van der Waals surface area contributed by atoms with Crippen LogP contribution in [0.3, 0.4) is 0 Å². The minimum absolute atomic E-state index is 0.449. The maximum atomic E-state index is 12.7. The molecule has 27 heavy (non-hydrogen) atoms. The SMILES string of the molecule is OC1CCc2c(Nc3cc(-c4ccc(C(F)(F)F)cc4)ncn3)cccc21. The molecule has 1 aromatic heterocycles. The van der Waals surface area contributed by atoms with E-state index in [9.17, 15) is 18.3 Å². The van der Waals surface area contributed by atoms with E-state index in [0.29, 0.717) is 23.5 Å². The van der Waals surface area contributed by atoms with E-state index in [1.165, 1.54) is 18.5 Å². The molecule has 0 fully saturated rings. The van der Waals surface area contributed by atoms with Crippen LogP contribution in [0.1, 0.15) is 29.2 Å². The van der Waals surface area contributed by atoms with Crippen molar-refractivity contribution < 1.29 is 18.3 Å². The molecule has 0 radical (unpaired) electrons. The minimum Gasteiger partial charge on any atom is -0.388 e. The first kappa shape index (κ1) is 17.5. The largest absolute Gasteiger partial charge is 0.416 e. The molecule has 0 aliphatic heterocycles. The van der Waals surface area contributed by atoms with E-state index in [0.717, 1.165) is 35.4 Å². The van der Waals surface area contributed by atoms with Crippen LogP contribution in [0.25, 0.3) is 11.3 Å². The zero-order valence-electron chi connectivity index (χ0n) is 14.2. The summed E-state index contributed by atoms with van der Waals surface area (Å²) < 4.78 is 38.1. The molecule has 2 aromatic carbocycles. The number of nitrogens with one attached hydrogen (secondary N) is 1. The molecule has 0 amide bonds. The third kappa shape index (κ3) is 3.50. The van der Waals surface area contributed by atoms with Crippen LogP contribution in [0.15, 0.2) is 54.9 Å². The van der Waals surface area contributed by atoms with Crippen LogP contribution >= 0.6 is 0 Å². The maximum absolute atomic E-state index is 12.7. The lowest BCUT2D eigenvalue weighted by Gasteiger charge is -2.12. The predicted molar refractivity (Wildman–Crippen MR) is 95.5 cm³/mol. The zero-order valence-corrected chi connectivity index (χ0v) is 14.2. The average Bonchev–Trinajstić information content (AvgIpc) is 3.04. The smallest absolute Gasteiger partial charge is 0.388 e. The van der Waals surface area contributed by atoms with Gasteiger partial charge in [0.2, 0.25) is 0 Å².